The molecule has 0 aromatic carbocycles. The fourth-order valence-corrected chi connectivity index (χ4v) is 7.53. The SMILES string of the molecule is COC(=O)[C@@]1(C2(O)CCC(O[Si](C)(C)C(C)(C)C)CC2)C[C@H](OC(C)=O)[C@@H](NC(C)=O)[C@H]([C@H](OC(C)=O)[C@@H](COC(C)=O)OC(C)=O)O1. The second-order valence-electron chi connectivity index (χ2n) is 14.1. The van der Waals surface area contributed by atoms with E-state index in [0.29, 0.717) is 12.8 Å². The number of ether oxygens (including phenoxy) is 6. The van der Waals surface area contributed by atoms with Crippen molar-refractivity contribution in [3.63, 3.8) is 0 Å². The minimum atomic E-state index is -2.25. The summed E-state index contributed by atoms with van der Waals surface area (Å²) in [5, 5.41) is 15.0. The third kappa shape index (κ3) is 9.98. The molecule has 1 saturated carbocycles. The van der Waals surface area contributed by atoms with Crippen molar-refractivity contribution in [1.29, 1.82) is 0 Å². The summed E-state index contributed by atoms with van der Waals surface area (Å²) < 4.78 is 40.1. The minimum Gasteiger partial charge on any atom is -0.467 e. The van der Waals surface area contributed by atoms with Gasteiger partial charge in [0, 0.05) is 47.1 Å². The van der Waals surface area contributed by atoms with Crippen LogP contribution in [0.5, 0.6) is 0 Å². The molecule has 0 aromatic heterocycles. The third-order valence-electron chi connectivity index (χ3n) is 9.32. The van der Waals surface area contributed by atoms with Gasteiger partial charge in [-0.1, -0.05) is 20.8 Å². The van der Waals surface area contributed by atoms with Gasteiger partial charge < -0.3 is 43.3 Å². The molecule has 15 nitrogen and oxygen atoms in total. The van der Waals surface area contributed by atoms with Gasteiger partial charge in [0.1, 0.15) is 24.4 Å². The lowest BCUT2D eigenvalue weighted by atomic mass is 9.67. The summed E-state index contributed by atoms with van der Waals surface area (Å²) in [6.45, 7) is 15.5. The topological polar surface area (TPSA) is 199 Å². The van der Waals surface area contributed by atoms with Gasteiger partial charge in [-0.05, 0) is 43.8 Å². The van der Waals surface area contributed by atoms with Crippen molar-refractivity contribution < 1.29 is 66.7 Å². The second-order valence-corrected chi connectivity index (χ2v) is 18.9. The van der Waals surface area contributed by atoms with Gasteiger partial charge in [-0.2, -0.15) is 0 Å². The third-order valence-corrected chi connectivity index (χ3v) is 13.9. The number of rotatable bonds is 12. The molecule has 2 N–H and O–H groups in total. The first-order valence-corrected chi connectivity index (χ1v) is 19.0. The van der Waals surface area contributed by atoms with Crippen molar-refractivity contribution in [1.82, 2.24) is 5.32 Å². The van der Waals surface area contributed by atoms with E-state index in [1.54, 1.807) is 0 Å². The molecule has 274 valence electrons. The lowest BCUT2D eigenvalue weighted by molar-refractivity contribution is -0.286. The highest BCUT2D eigenvalue weighted by Crippen LogP contribution is 2.49. The lowest BCUT2D eigenvalue weighted by Crippen LogP contribution is -2.74. The highest BCUT2D eigenvalue weighted by Gasteiger charge is 2.67. The van der Waals surface area contributed by atoms with Crippen LogP contribution in [-0.2, 0) is 61.6 Å². The van der Waals surface area contributed by atoms with E-state index in [0.717, 1.165) is 34.8 Å². The van der Waals surface area contributed by atoms with Gasteiger partial charge >= 0.3 is 29.8 Å². The maximum absolute atomic E-state index is 13.9. The van der Waals surface area contributed by atoms with Crippen molar-refractivity contribution in [2.75, 3.05) is 13.7 Å². The van der Waals surface area contributed by atoms with Crippen LogP contribution in [0.1, 0.15) is 87.5 Å². The van der Waals surface area contributed by atoms with E-state index in [1.807, 2.05) is 0 Å². The Morgan fingerprint density at radius 3 is 1.92 bits per heavy atom. The predicted octanol–water partition coefficient (Wildman–Crippen LogP) is 2.25. The lowest BCUT2D eigenvalue weighted by Gasteiger charge is -2.55. The van der Waals surface area contributed by atoms with E-state index in [9.17, 15) is 33.9 Å². The number of hydrogen-bond donors (Lipinski definition) is 2. The van der Waals surface area contributed by atoms with Gasteiger partial charge in [0.25, 0.3) is 0 Å². The summed E-state index contributed by atoms with van der Waals surface area (Å²) in [7, 11) is -1.09. The molecular weight excluding hydrogens is 650 g/mol. The summed E-state index contributed by atoms with van der Waals surface area (Å²) in [6, 6.07) is -1.31. The average Bonchev–Trinajstić information content (AvgIpc) is 2.94. The van der Waals surface area contributed by atoms with Gasteiger partial charge in [-0.3, -0.25) is 24.0 Å². The monoisotopic (exact) mass is 703 g/mol. The van der Waals surface area contributed by atoms with Crippen LogP contribution in [0.25, 0.3) is 0 Å². The molecule has 0 spiro atoms. The molecule has 1 aliphatic carbocycles. The van der Waals surface area contributed by atoms with E-state index >= 15 is 0 Å². The maximum Gasteiger partial charge on any atom is 0.341 e. The Bertz CT molecular complexity index is 1210. The molecule has 1 aliphatic heterocycles. The van der Waals surface area contributed by atoms with Crippen molar-refractivity contribution in [3.8, 4) is 0 Å². The van der Waals surface area contributed by atoms with Crippen molar-refractivity contribution in [2.45, 2.75) is 153 Å². The Hall–Kier alpha value is -3.08. The standard InChI is InChI=1S/C32H53NO14Si/c1-18(34)33-26-24(43-20(3)36)16-32(29(39)41-9,31(40)14-12-23(13-15-31)47-48(10,11)30(6,7)8)46-28(26)27(45-22(5)38)25(44-21(4)37)17-42-19(2)35/h23-28,40H,12-17H2,1-11H3,(H,33,34)/t23?,24-,25+,26+,27+,28+,31?,32+/m0/s1. The molecule has 48 heavy (non-hydrogen) atoms. The van der Waals surface area contributed by atoms with Crippen LogP contribution >= 0.6 is 0 Å². The molecule has 1 amide bonds. The number of amides is 1. The van der Waals surface area contributed by atoms with Gasteiger partial charge in [-0.15, -0.1) is 0 Å². The second kappa shape index (κ2) is 16.1. The van der Waals surface area contributed by atoms with Crippen LogP contribution in [0, 0.1) is 0 Å². The number of esters is 5. The molecule has 0 radical (unpaired) electrons. The molecule has 0 bridgehead atoms. The average molecular weight is 704 g/mol. The Balaban J connectivity index is 2.76. The van der Waals surface area contributed by atoms with E-state index in [1.165, 1.54) is 6.92 Å². The molecule has 2 fully saturated rings. The van der Waals surface area contributed by atoms with Crippen LogP contribution in [0.4, 0.5) is 0 Å². The fraction of sp³-hybridized carbons (Fsp3) is 0.812. The van der Waals surface area contributed by atoms with Gasteiger partial charge in [-0.25, -0.2) is 4.79 Å². The Labute approximate surface area is 283 Å². The number of methoxy groups -OCH3 is 1. The Morgan fingerprint density at radius 2 is 1.48 bits per heavy atom. The Kier molecular flexibility index (Phi) is 13.8. The van der Waals surface area contributed by atoms with Crippen molar-refractivity contribution in [2.24, 2.45) is 0 Å². The fourth-order valence-electron chi connectivity index (χ4n) is 6.11. The van der Waals surface area contributed by atoms with Gasteiger partial charge in [0.2, 0.25) is 5.91 Å². The Morgan fingerprint density at radius 1 is 0.917 bits per heavy atom. The quantitative estimate of drug-likeness (QED) is 0.170. The molecule has 0 aromatic rings. The van der Waals surface area contributed by atoms with Gasteiger partial charge in [0.15, 0.2) is 26.1 Å². The largest absolute Gasteiger partial charge is 0.467 e. The molecule has 16 heteroatoms. The number of carbonyl (C=O) groups excluding carboxylic acids is 6. The highest BCUT2D eigenvalue weighted by atomic mass is 28.4. The summed E-state index contributed by atoms with van der Waals surface area (Å²) in [6.07, 6.45) is -6.13. The zero-order chi connectivity index (χ0) is 36.8. The first kappa shape index (κ1) is 41.1. The van der Waals surface area contributed by atoms with Crippen LogP contribution in [0.15, 0.2) is 0 Å². The molecule has 1 saturated heterocycles. The van der Waals surface area contributed by atoms with E-state index in [4.69, 9.17) is 32.8 Å². The first-order chi connectivity index (χ1) is 22.0. The predicted molar refractivity (Wildman–Crippen MR) is 171 cm³/mol. The minimum absolute atomic E-state index is 0.00472. The molecule has 2 aliphatic rings. The molecule has 0 unspecified atom stereocenters. The normalized spacial score (nSPS) is 29.0. The zero-order valence-electron chi connectivity index (χ0n) is 30.0. The smallest absolute Gasteiger partial charge is 0.341 e. The summed E-state index contributed by atoms with van der Waals surface area (Å²) in [5.74, 6) is -4.87. The summed E-state index contributed by atoms with van der Waals surface area (Å²) in [5.41, 5.74) is -4.18. The summed E-state index contributed by atoms with van der Waals surface area (Å²) in [4.78, 5) is 75.4. The molecular formula is C32H53NO14Si. The van der Waals surface area contributed by atoms with Crippen LogP contribution in [0.3, 0.4) is 0 Å². The number of carbonyl (C=O) groups is 6. The number of hydrogen-bond acceptors (Lipinski definition) is 14. The van der Waals surface area contributed by atoms with Crippen LogP contribution in [0.2, 0.25) is 18.1 Å². The molecule has 1 heterocycles. The van der Waals surface area contributed by atoms with Crippen LogP contribution in [-0.4, -0.2) is 111 Å². The van der Waals surface area contributed by atoms with E-state index < -0.39 is 98.8 Å². The van der Waals surface area contributed by atoms with E-state index in [-0.39, 0.29) is 24.0 Å². The zero-order valence-corrected chi connectivity index (χ0v) is 31.0. The van der Waals surface area contributed by atoms with Crippen LogP contribution < -0.4 is 5.32 Å². The maximum atomic E-state index is 13.9. The number of aliphatic hydroxyl groups is 1. The first-order valence-electron chi connectivity index (χ1n) is 16.1. The molecule has 6 atom stereocenters. The van der Waals surface area contributed by atoms with Crippen molar-refractivity contribution >= 4 is 44.1 Å². The van der Waals surface area contributed by atoms with Gasteiger partial charge in [0.05, 0.1) is 13.2 Å². The van der Waals surface area contributed by atoms with E-state index in [2.05, 4.69) is 39.2 Å². The summed E-state index contributed by atoms with van der Waals surface area (Å²) >= 11 is 0. The van der Waals surface area contributed by atoms with Crippen molar-refractivity contribution in [3.05, 3.63) is 0 Å². The number of nitrogens with one attached hydrogen (secondary N) is 1. The highest BCUT2D eigenvalue weighted by molar-refractivity contribution is 6.74. The molecule has 2 rings (SSSR count).